The van der Waals surface area contributed by atoms with Crippen LogP contribution in [-0.4, -0.2) is 40.1 Å². The molecule has 7 nitrogen and oxygen atoms in total. The molecule has 4 rings (SSSR count). The number of halogens is 1. The van der Waals surface area contributed by atoms with Crippen molar-refractivity contribution in [3.8, 4) is 28.6 Å². The maximum absolute atomic E-state index is 12.9. The monoisotopic (exact) mass is 494 g/mol. The Labute approximate surface area is 207 Å². The summed E-state index contributed by atoms with van der Waals surface area (Å²) in [6.45, 7) is 1.83. The molecule has 1 amide bonds. The summed E-state index contributed by atoms with van der Waals surface area (Å²) in [5.41, 5.74) is 2.30. The zero-order chi connectivity index (χ0) is 24.1. The van der Waals surface area contributed by atoms with E-state index < -0.39 is 5.25 Å². The van der Waals surface area contributed by atoms with Crippen molar-refractivity contribution in [2.75, 3.05) is 19.5 Å². The molecule has 4 aromatic rings. The van der Waals surface area contributed by atoms with E-state index in [-0.39, 0.29) is 5.91 Å². The second-order valence-corrected chi connectivity index (χ2v) is 9.04. The van der Waals surface area contributed by atoms with Gasteiger partial charge in [-0.15, -0.1) is 10.2 Å². The number of rotatable bonds is 8. The van der Waals surface area contributed by atoms with E-state index in [1.165, 1.54) is 11.8 Å². The number of anilines is 1. The third-order valence-electron chi connectivity index (χ3n) is 5.08. The quantitative estimate of drug-likeness (QED) is 0.315. The first-order chi connectivity index (χ1) is 16.5. The average molecular weight is 495 g/mol. The molecule has 0 aliphatic heterocycles. The van der Waals surface area contributed by atoms with Gasteiger partial charge in [-0.3, -0.25) is 9.36 Å². The standard InChI is InChI=1S/C25H23ClN4O3S/c1-16(24(31)27-18-10-8-17(26)9-11-18)34-25-29-28-23(21-6-4-5-7-22(21)33-3)30(25)19-12-14-20(32-2)15-13-19/h4-16H,1-3H3,(H,27,31). The van der Waals surface area contributed by atoms with E-state index in [0.717, 1.165) is 17.0 Å². The van der Waals surface area contributed by atoms with E-state index >= 15 is 0 Å². The summed E-state index contributed by atoms with van der Waals surface area (Å²) in [6.07, 6.45) is 0. The molecule has 3 aromatic carbocycles. The summed E-state index contributed by atoms with van der Waals surface area (Å²) in [7, 11) is 3.24. The van der Waals surface area contributed by atoms with Crippen molar-refractivity contribution in [2.24, 2.45) is 0 Å². The number of amides is 1. The highest BCUT2D eigenvalue weighted by Crippen LogP contribution is 2.35. The molecule has 9 heteroatoms. The zero-order valence-electron chi connectivity index (χ0n) is 18.9. The van der Waals surface area contributed by atoms with Crippen LogP contribution >= 0.6 is 23.4 Å². The molecule has 0 aliphatic carbocycles. The van der Waals surface area contributed by atoms with Crippen molar-refractivity contribution in [1.29, 1.82) is 0 Å². The second kappa shape index (κ2) is 10.6. The van der Waals surface area contributed by atoms with Crippen LogP contribution in [0.5, 0.6) is 11.5 Å². The maximum atomic E-state index is 12.9. The summed E-state index contributed by atoms with van der Waals surface area (Å²) in [4.78, 5) is 12.9. The first-order valence-corrected chi connectivity index (χ1v) is 11.7. The smallest absolute Gasteiger partial charge is 0.237 e. The van der Waals surface area contributed by atoms with Gasteiger partial charge in [0.05, 0.1) is 30.7 Å². The van der Waals surface area contributed by atoms with Gasteiger partial charge in [0.15, 0.2) is 11.0 Å². The zero-order valence-corrected chi connectivity index (χ0v) is 20.4. The third kappa shape index (κ3) is 5.18. The Hall–Kier alpha value is -3.49. The van der Waals surface area contributed by atoms with Gasteiger partial charge < -0.3 is 14.8 Å². The van der Waals surface area contributed by atoms with Crippen molar-refractivity contribution in [3.05, 3.63) is 77.8 Å². The van der Waals surface area contributed by atoms with Crippen LogP contribution in [0.4, 0.5) is 5.69 Å². The maximum Gasteiger partial charge on any atom is 0.237 e. The van der Waals surface area contributed by atoms with Crippen LogP contribution in [-0.2, 0) is 4.79 Å². The van der Waals surface area contributed by atoms with Gasteiger partial charge in [0.1, 0.15) is 11.5 Å². The highest BCUT2D eigenvalue weighted by molar-refractivity contribution is 8.00. The Morgan fingerprint density at radius 2 is 1.68 bits per heavy atom. The normalized spacial score (nSPS) is 11.6. The molecule has 0 saturated heterocycles. The Morgan fingerprint density at radius 1 is 0.971 bits per heavy atom. The first kappa shape index (κ1) is 23.7. The van der Waals surface area contributed by atoms with Crippen LogP contribution < -0.4 is 14.8 Å². The number of carbonyl (C=O) groups is 1. The van der Waals surface area contributed by atoms with Crippen molar-refractivity contribution in [2.45, 2.75) is 17.3 Å². The molecular weight excluding hydrogens is 472 g/mol. The number of thioether (sulfide) groups is 1. The number of nitrogens with one attached hydrogen (secondary N) is 1. The van der Waals surface area contributed by atoms with Crippen molar-refractivity contribution < 1.29 is 14.3 Å². The number of aromatic nitrogens is 3. The number of hydrogen-bond acceptors (Lipinski definition) is 6. The number of para-hydroxylation sites is 1. The predicted octanol–water partition coefficient (Wildman–Crippen LogP) is 5.72. The van der Waals surface area contributed by atoms with Gasteiger partial charge in [-0.2, -0.15) is 0 Å². The summed E-state index contributed by atoms with van der Waals surface area (Å²) >= 11 is 7.25. The molecule has 1 atom stereocenters. The minimum atomic E-state index is -0.442. The van der Waals surface area contributed by atoms with Gasteiger partial charge in [0.2, 0.25) is 5.91 Å². The number of hydrogen-bond donors (Lipinski definition) is 1. The summed E-state index contributed by atoms with van der Waals surface area (Å²) in [5, 5.41) is 12.5. The highest BCUT2D eigenvalue weighted by atomic mass is 35.5. The van der Waals surface area contributed by atoms with Gasteiger partial charge in [0.25, 0.3) is 0 Å². The predicted molar refractivity (Wildman–Crippen MR) is 135 cm³/mol. The van der Waals surface area contributed by atoms with E-state index in [9.17, 15) is 4.79 Å². The SMILES string of the molecule is COc1ccc(-n2c(SC(C)C(=O)Nc3ccc(Cl)cc3)nnc2-c2ccccc2OC)cc1. The van der Waals surface area contributed by atoms with Crippen molar-refractivity contribution in [3.63, 3.8) is 0 Å². The fourth-order valence-electron chi connectivity index (χ4n) is 3.30. The minimum Gasteiger partial charge on any atom is -0.497 e. The molecular formula is C25H23ClN4O3S. The van der Waals surface area contributed by atoms with Gasteiger partial charge >= 0.3 is 0 Å². The highest BCUT2D eigenvalue weighted by Gasteiger charge is 2.23. The van der Waals surface area contributed by atoms with E-state index in [2.05, 4.69) is 15.5 Å². The molecule has 0 saturated carbocycles. The first-order valence-electron chi connectivity index (χ1n) is 10.5. The van der Waals surface area contributed by atoms with Crippen LogP contribution in [0.3, 0.4) is 0 Å². The molecule has 34 heavy (non-hydrogen) atoms. The lowest BCUT2D eigenvalue weighted by Gasteiger charge is -2.15. The van der Waals surface area contributed by atoms with E-state index in [0.29, 0.717) is 27.4 Å². The molecule has 1 aromatic heterocycles. The van der Waals surface area contributed by atoms with Gasteiger partial charge in [-0.25, -0.2) is 0 Å². The van der Waals surface area contributed by atoms with Crippen LogP contribution in [0.15, 0.2) is 78.0 Å². The summed E-state index contributed by atoms with van der Waals surface area (Å²) in [6, 6.07) is 22.2. The molecule has 1 unspecified atom stereocenters. The Bertz CT molecular complexity index is 1280. The van der Waals surface area contributed by atoms with Crippen molar-refractivity contribution in [1.82, 2.24) is 14.8 Å². The van der Waals surface area contributed by atoms with Gasteiger partial charge in [-0.1, -0.05) is 35.5 Å². The van der Waals surface area contributed by atoms with Crippen molar-refractivity contribution >= 4 is 35.0 Å². The topological polar surface area (TPSA) is 78.3 Å². The molecule has 0 bridgehead atoms. The molecule has 174 valence electrons. The van der Waals surface area contributed by atoms with Gasteiger partial charge in [0, 0.05) is 10.7 Å². The third-order valence-corrected chi connectivity index (χ3v) is 6.37. The van der Waals surface area contributed by atoms with Crippen LogP contribution in [0.1, 0.15) is 6.92 Å². The lowest BCUT2D eigenvalue weighted by atomic mass is 10.2. The molecule has 0 radical (unpaired) electrons. The van der Waals surface area contributed by atoms with E-state index in [1.54, 1.807) is 38.5 Å². The lowest BCUT2D eigenvalue weighted by molar-refractivity contribution is -0.115. The summed E-state index contributed by atoms with van der Waals surface area (Å²) in [5.74, 6) is 1.86. The number of methoxy groups -OCH3 is 2. The Balaban J connectivity index is 1.68. The largest absolute Gasteiger partial charge is 0.497 e. The minimum absolute atomic E-state index is 0.157. The number of benzene rings is 3. The summed E-state index contributed by atoms with van der Waals surface area (Å²) < 4.78 is 12.8. The number of carbonyl (C=O) groups excluding carboxylic acids is 1. The fraction of sp³-hybridized carbons (Fsp3) is 0.160. The molecule has 0 spiro atoms. The Kier molecular flexibility index (Phi) is 7.40. The molecule has 0 fully saturated rings. The number of ether oxygens (including phenoxy) is 2. The van der Waals surface area contributed by atoms with E-state index in [4.69, 9.17) is 21.1 Å². The fourth-order valence-corrected chi connectivity index (χ4v) is 4.30. The van der Waals surface area contributed by atoms with E-state index in [1.807, 2.05) is 60.0 Å². The molecule has 1 heterocycles. The van der Waals surface area contributed by atoms with Crippen LogP contribution in [0, 0.1) is 0 Å². The van der Waals surface area contributed by atoms with Crippen LogP contribution in [0.2, 0.25) is 5.02 Å². The Morgan fingerprint density at radius 3 is 2.35 bits per heavy atom. The number of nitrogens with zero attached hydrogens (tertiary/aromatic N) is 3. The molecule has 1 N–H and O–H groups in total. The average Bonchev–Trinajstić information content (AvgIpc) is 3.28. The second-order valence-electron chi connectivity index (χ2n) is 7.30. The van der Waals surface area contributed by atoms with Crippen LogP contribution in [0.25, 0.3) is 17.1 Å². The van der Waals surface area contributed by atoms with Gasteiger partial charge in [-0.05, 0) is 67.6 Å². The lowest BCUT2D eigenvalue weighted by Crippen LogP contribution is -2.22. The molecule has 0 aliphatic rings.